The zero-order chi connectivity index (χ0) is 21.1. The Morgan fingerprint density at radius 1 is 1.00 bits per heavy atom. The molecule has 4 rings (SSSR count). The summed E-state index contributed by atoms with van der Waals surface area (Å²) in [5.74, 6) is 0.807. The third-order valence-corrected chi connectivity index (χ3v) is 6.07. The maximum absolute atomic E-state index is 13.4. The number of methoxy groups -OCH3 is 1. The molecule has 0 aliphatic heterocycles. The van der Waals surface area contributed by atoms with Gasteiger partial charge in [-0.2, -0.15) is 0 Å². The molecule has 0 aliphatic carbocycles. The molecule has 5 heteroatoms. The first-order valence-corrected chi connectivity index (χ1v) is 10.7. The van der Waals surface area contributed by atoms with Crippen molar-refractivity contribution in [1.29, 1.82) is 0 Å². The number of carbonyl (C=O) groups excluding carboxylic acids is 1. The molecule has 0 radical (unpaired) electrons. The zero-order valence-corrected chi connectivity index (χ0v) is 18.2. The van der Waals surface area contributed by atoms with Crippen LogP contribution in [0.3, 0.4) is 0 Å². The Bertz CT molecular complexity index is 1170. The van der Waals surface area contributed by atoms with Crippen LogP contribution in [0.15, 0.2) is 66.7 Å². The minimum atomic E-state index is 0.0254. The van der Waals surface area contributed by atoms with Gasteiger partial charge in [0.1, 0.15) is 5.75 Å². The number of rotatable bonds is 6. The Balaban J connectivity index is 1.68. The van der Waals surface area contributed by atoms with E-state index >= 15 is 0 Å². The topological polar surface area (TPSA) is 42.4 Å². The van der Waals surface area contributed by atoms with Gasteiger partial charge in [0.2, 0.25) is 5.91 Å². The second-order valence-corrected chi connectivity index (χ2v) is 8.42. The number of ether oxygens (including phenoxy) is 1. The summed E-state index contributed by atoms with van der Waals surface area (Å²) in [6.45, 7) is 4.65. The van der Waals surface area contributed by atoms with Crippen LogP contribution in [-0.2, 0) is 17.8 Å². The fraction of sp³-hybridized carbons (Fsp3) is 0.200. The van der Waals surface area contributed by atoms with E-state index in [9.17, 15) is 4.79 Å². The van der Waals surface area contributed by atoms with E-state index in [2.05, 4.69) is 26.0 Å². The third kappa shape index (κ3) is 4.36. The van der Waals surface area contributed by atoms with E-state index in [1.165, 1.54) is 5.56 Å². The molecule has 0 atom stereocenters. The maximum atomic E-state index is 13.4. The molecule has 152 valence electrons. The van der Waals surface area contributed by atoms with E-state index in [1.54, 1.807) is 23.3 Å². The molecule has 1 aromatic heterocycles. The van der Waals surface area contributed by atoms with Crippen LogP contribution in [0, 0.1) is 13.8 Å². The third-order valence-electron chi connectivity index (χ3n) is 5.05. The van der Waals surface area contributed by atoms with Gasteiger partial charge in [-0.25, -0.2) is 4.98 Å². The van der Waals surface area contributed by atoms with Crippen LogP contribution in [0.1, 0.15) is 22.3 Å². The number of fused-ring (bicyclic) bond motifs is 1. The smallest absolute Gasteiger partial charge is 0.233 e. The van der Waals surface area contributed by atoms with Crippen LogP contribution in [0.4, 0.5) is 5.13 Å². The fourth-order valence-corrected chi connectivity index (χ4v) is 4.67. The van der Waals surface area contributed by atoms with Crippen molar-refractivity contribution in [1.82, 2.24) is 4.98 Å². The first-order valence-electron chi connectivity index (χ1n) is 9.88. The van der Waals surface area contributed by atoms with Gasteiger partial charge in [0.05, 0.1) is 30.3 Å². The van der Waals surface area contributed by atoms with E-state index in [1.807, 2.05) is 54.6 Å². The van der Waals surface area contributed by atoms with Gasteiger partial charge in [-0.05, 0) is 54.3 Å². The number of hydrogen-bond acceptors (Lipinski definition) is 4. The number of carbonyl (C=O) groups is 1. The van der Waals surface area contributed by atoms with Gasteiger partial charge in [0, 0.05) is 0 Å². The minimum Gasteiger partial charge on any atom is -0.497 e. The molecule has 0 saturated heterocycles. The highest BCUT2D eigenvalue weighted by Crippen LogP contribution is 2.33. The SMILES string of the molecule is COc1ccc(CC(=O)N(Cc2ccccc2)c2nc3c(C)cc(C)cc3s2)cc1. The summed E-state index contributed by atoms with van der Waals surface area (Å²) in [5, 5.41) is 0.737. The quantitative estimate of drug-likeness (QED) is 0.405. The summed E-state index contributed by atoms with van der Waals surface area (Å²) in [7, 11) is 1.64. The van der Waals surface area contributed by atoms with E-state index < -0.39 is 0 Å². The van der Waals surface area contributed by atoms with Crippen molar-refractivity contribution in [3.05, 3.63) is 89.0 Å². The zero-order valence-electron chi connectivity index (χ0n) is 17.4. The first-order chi connectivity index (χ1) is 14.5. The lowest BCUT2D eigenvalue weighted by molar-refractivity contribution is -0.118. The van der Waals surface area contributed by atoms with Gasteiger partial charge in [-0.1, -0.05) is 59.9 Å². The summed E-state index contributed by atoms with van der Waals surface area (Å²) in [6, 6.07) is 21.9. The van der Waals surface area contributed by atoms with Crippen LogP contribution in [0.2, 0.25) is 0 Å². The number of aromatic nitrogens is 1. The monoisotopic (exact) mass is 416 g/mol. The van der Waals surface area contributed by atoms with Gasteiger partial charge < -0.3 is 4.74 Å². The lowest BCUT2D eigenvalue weighted by Gasteiger charge is -2.20. The lowest BCUT2D eigenvalue weighted by atomic mass is 10.1. The molecule has 0 unspecified atom stereocenters. The minimum absolute atomic E-state index is 0.0254. The predicted octanol–water partition coefficient (Wildman–Crippen LogP) is 5.70. The van der Waals surface area contributed by atoms with Gasteiger partial charge >= 0.3 is 0 Å². The number of anilines is 1. The van der Waals surface area contributed by atoms with E-state index in [0.717, 1.165) is 37.8 Å². The van der Waals surface area contributed by atoms with Crippen molar-refractivity contribution in [3.8, 4) is 5.75 Å². The molecule has 0 fully saturated rings. The molecule has 1 amide bonds. The summed E-state index contributed by atoms with van der Waals surface area (Å²) < 4.78 is 6.33. The fourth-order valence-electron chi connectivity index (χ4n) is 3.52. The number of thiazole rings is 1. The molecular formula is C25H24N2O2S. The summed E-state index contributed by atoms with van der Waals surface area (Å²) in [5.41, 5.74) is 5.33. The lowest BCUT2D eigenvalue weighted by Crippen LogP contribution is -2.31. The van der Waals surface area contributed by atoms with Gasteiger partial charge in [0.15, 0.2) is 5.13 Å². The van der Waals surface area contributed by atoms with E-state index in [-0.39, 0.29) is 5.91 Å². The molecular weight excluding hydrogens is 392 g/mol. The molecule has 4 aromatic rings. The Hall–Kier alpha value is -3.18. The number of nitrogens with zero attached hydrogens (tertiary/aromatic N) is 2. The number of aryl methyl sites for hydroxylation is 2. The highest BCUT2D eigenvalue weighted by molar-refractivity contribution is 7.22. The van der Waals surface area contributed by atoms with Crippen LogP contribution >= 0.6 is 11.3 Å². The van der Waals surface area contributed by atoms with Crippen molar-refractivity contribution in [3.63, 3.8) is 0 Å². The molecule has 3 aromatic carbocycles. The van der Waals surface area contributed by atoms with Crippen LogP contribution in [0.5, 0.6) is 5.75 Å². The average molecular weight is 417 g/mol. The van der Waals surface area contributed by atoms with E-state index in [4.69, 9.17) is 9.72 Å². The molecule has 0 spiro atoms. The van der Waals surface area contributed by atoms with Crippen LogP contribution < -0.4 is 9.64 Å². The van der Waals surface area contributed by atoms with Crippen molar-refractivity contribution in [2.24, 2.45) is 0 Å². The van der Waals surface area contributed by atoms with Crippen molar-refractivity contribution in [2.75, 3.05) is 12.0 Å². The summed E-state index contributed by atoms with van der Waals surface area (Å²) in [6.07, 6.45) is 0.310. The molecule has 0 bridgehead atoms. The highest BCUT2D eigenvalue weighted by Gasteiger charge is 2.21. The van der Waals surface area contributed by atoms with Gasteiger partial charge in [-0.3, -0.25) is 9.69 Å². The first kappa shape index (κ1) is 20.1. The second-order valence-electron chi connectivity index (χ2n) is 7.42. The van der Waals surface area contributed by atoms with Crippen LogP contribution in [0.25, 0.3) is 10.2 Å². The molecule has 0 aliphatic rings. The van der Waals surface area contributed by atoms with Crippen molar-refractivity contribution < 1.29 is 9.53 Å². The van der Waals surface area contributed by atoms with E-state index in [0.29, 0.717) is 13.0 Å². The molecule has 30 heavy (non-hydrogen) atoms. The largest absolute Gasteiger partial charge is 0.497 e. The highest BCUT2D eigenvalue weighted by atomic mass is 32.1. The maximum Gasteiger partial charge on any atom is 0.233 e. The molecule has 4 nitrogen and oxygen atoms in total. The van der Waals surface area contributed by atoms with Crippen molar-refractivity contribution >= 4 is 32.6 Å². The molecule has 0 N–H and O–H groups in total. The average Bonchev–Trinajstić information content (AvgIpc) is 3.17. The second kappa shape index (κ2) is 8.67. The standard InChI is InChI=1S/C25H24N2O2S/c1-17-13-18(2)24-22(14-17)30-25(26-24)27(16-20-7-5-4-6-8-20)23(28)15-19-9-11-21(29-3)12-10-19/h4-14H,15-16H2,1-3H3. The van der Waals surface area contributed by atoms with Gasteiger partial charge in [0.25, 0.3) is 0 Å². The van der Waals surface area contributed by atoms with Crippen LogP contribution in [-0.4, -0.2) is 18.0 Å². The normalized spacial score (nSPS) is 10.9. The van der Waals surface area contributed by atoms with Gasteiger partial charge in [-0.15, -0.1) is 0 Å². The Morgan fingerprint density at radius 3 is 2.43 bits per heavy atom. The Kier molecular flexibility index (Phi) is 5.81. The Labute approximate surface area is 180 Å². The number of hydrogen-bond donors (Lipinski definition) is 0. The predicted molar refractivity (Wildman–Crippen MR) is 123 cm³/mol. The molecule has 1 heterocycles. The summed E-state index contributed by atoms with van der Waals surface area (Å²) in [4.78, 5) is 20.0. The molecule has 0 saturated carbocycles. The number of amides is 1. The Morgan fingerprint density at radius 2 is 1.73 bits per heavy atom. The summed E-state index contributed by atoms with van der Waals surface area (Å²) >= 11 is 1.57. The number of benzene rings is 3. The van der Waals surface area contributed by atoms with Crippen molar-refractivity contribution in [2.45, 2.75) is 26.8 Å².